The molecule has 0 aliphatic heterocycles. The second-order valence-corrected chi connectivity index (χ2v) is 5.81. The second kappa shape index (κ2) is 7.61. The van der Waals surface area contributed by atoms with Crippen LogP contribution in [-0.2, 0) is 4.79 Å². The van der Waals surface area contributed by atoms with Gasteiger partial charge in [-0.1, -0.05) is 37.0 Å². The molecule has 0 spiro atoms. The summed E-state index contributed by atoms with van der Waals surface area (Å²) in [4.78, 5) is 11.7. The third-order valence-electron chi connectivity index (χ3n) is 2.49. The molecule has 0 aromatic heterocycles. The van der Waals surface area contributed by atoms with Crippen molar-refractivity contribution in [1.82, 2.24) is 5.32 Å². The van der Waals surface area contributed by atoms with E-state index in [-0.39, 0.29) is 18.6 Å². The zero-order valence-corrected chi connectivity index (χ0v) is 12.9. The Kier molecular flexibility index (Phi) is 6.46. The number of carbonyl (C=O) groups is 1. The molecule has 3 nitrogen and oxygen atoms in total. The average molecular weight is 304 g/mol. The van der Waals surface area contributed by atoms with E-state index >= 15 is 0 Å². The van der Waals surface area contributed by atoms with Crippen LogP contribution in [0.2, 0.25) is 10.0 Å². The minimum Gasteiger partial charge on any atom is -0.482 e. The van der Waals surface area contributed by atoms with Gasteiger partial charge >= 0.3 is 0 Å². The van der Waals surface area contributed by atoms with Crippen molar-refractivity contribution in [2.75, 3.05) is 6.61 Å². The Labute approximate surface area is 124 Å². The average Bonchev–Trinajstić information content (AvgIpc) is 2.26. The fraction of sp³-hybridized carbons (Fsp3) is 0.500. The van der Waals surface area contributed by atoms with Crippen molar-refractivity contribution in [2.45, 2.75) is 33.2 Å². The first-order valence-corrected chi connectivity index (χ1v) is 7.01. The molecule has 5 heteroatoms. The topological polar surface area (TPSA) is 38.3 Å². The Balaban J connectivity index is 2.41. The Bertz CT molecular complexity index is 435. The van der Waals surface area contributed by atoms with Crippen molar-refractivity contribution in [1.29, 1.82) is 0 Å². The van der Waals surface area contributed by atoms with Crippen LogP contribution in [0.15, 0.2) is 18.2 Å². The van der Waals surface area contributed by atoms with E-state index in [9.17, 15) is 4.79 Å². The molecular formula is C14H19Cl2NO2. The molecule has 19 heavy (non-hydrogen) atoms. The largest absolute Gasteiger partial charge is 0.482 e. The van der Waals surface area contributed by atoms with E-state index in [0.717, 1.165) is 6.42 Å². The molecule has 0 unspecified atom stereocenters. The second-order valence-electron chi connectivity index (χ2n) is 4.96. The molecule has 1 aromatic rings. The lowest BCUT2D eigenvalue weighted by atomic mass is 10.1. The normalized spacial score (nSPS) is 12.3. The van der Waals surface area contributed by atoms with E-state index in [1.54, 1.807) is 18.2 Å². The highest BCUT2D eigenvalue weighted by molar-refractivity contribution is 6.35. The zero-order chi connectivity index (χ0) is 14.4. The van der Waals surface area contributed by atoms with Gasteiger partial charge in [-0.05, 0) is 37.5 Å². The van der Waals surface area contributed by atoms with Crippen LogP contribution in [0.5, 0.6) is 5.75 Å². The van der Waals surface area contributed by atoms with E-state index in [2.05, 4.69) is 19.2 Å². The quantitative estimate of drug-likeness (QED) is 0.865. The van der Waals surface area contributed by atoms with Gasteiger partial charge in [0.1, 0.15) is 5.75 Å². The molecule has 1 amide bonds. The summed E-state index contributed by atoms with van der Waals surface area (Å²) in [5.74, 6) is 0.846. The van der Waals surface area contributed by atoms with Crippen molar-refractivity contribution in [3.63, 3.8) is 0 Å². The summed E-state index contributed by atoms with van der Waals surface area (Å²) in [6.07, 6.45) is 0.938. The Morgan fingerprint density at radius 1 is 1.32 bits per heavy atom. The lowest BCUT2D eigenvalue weighted by Crippen LogP contribution is -2.36. The fourth-order valence-corrected chi connectivity index (χ4v) is 2.28. The molecular weight excluding hydrogens is 285 g/mol. The van der Waals surface area contributed by atoms with Crippen LogP contribution in [0.4, 0.5) is 0 Å². The van der Waals surface area contributed by atoms with Gasteiger partial charge in [0.2, 0.25) is 0 Å². The van der Waals surface area contributed by atoms with Crippen LogP contribution in [0.3, 0.4) is 0 Å². The Morgan fingerprint density at radius 3 is 2.58 bits per heavy atom. The molecule has 0 saturated heterocycles. The minimum absolute atomic E-state index is 0.0518. The molecule has 0 heterocycles. The molecule has 1 rings (SSSR count). The molecule has 0 fully saturated rings. The molecule has 0 aliphatic carbocycles. The van der Waals surface area contributed by atoms with Crippen LogP contribution < -0.4 is 10.1 Å². The number of rotatable bonds is 6. The maximum Gasteiger partial charge on any atom is 0.258 e. The number of benzene rings is 1. The van der Waals surface area contributed by atoms with Gasteiger partial charge in [-0.2, -0.15) is 0 Å². The maximum atomic E-state index is 11.7. The molecule has 1 N–H and O–H groups in total. The summed E-state index contributed by atoms with van der Waals surface area (Å²) in [5, 5.41) is 3.81. The zero-order valence-electron chi connectivity index (χ0n) is 11.4. The summed E-state index contributed by atoms with van der Waals surface area (Å²) in [6, 6.07) is 5.03. The van der Waals surface area contributed by atoms with Gasteiger partial charge in [-0.3, -0.25) is 4.79 Å². The number of hydrogen-bond donors (Lipinski definition) is 1. The monoisotopic (exact) mass is 303 g/mol. The first-order chi connectivity index (χ1) is 8.88. The van der Waals surface area contributed by atoms with Gasteiger partial charge in [-0.15, -0.1) is 0 Å². The summed E-state index contributed by atoms with van der Waals surface area (Å²) < 4.78 is 5.36. The van der Waals surface area contributed by atoms with E-state index in [0.29, 0.717) is 21.7 Å². The summed E-state index contributed by atoms with van der Waals surface area (Å²) in [6.45, 7) is 6.16. The van der Waals surface area contributed by atoms with Gasteiger partial charge in [-0.25, -0.2) is 0 Å². The lowest BCUT2D eigenvalue weighted by Gasteiger charge is -2.16. The number of hydrogen-bond acceptors (Lipinski definition) is 2. The van der Waals surface area contributed by atoms with Gasteiger partial charge < -0.3 is 10.1 Å². The van der Waals surface area contributed by atoms with Gasteiger partial charge in [0.15, 0.2) is 6.61 Å². The van der Waals surface area contributed by atoms with E-state index in [1.165, 1.54) is 0 Å². The highest BCUT2D eigenvalue weighted by Crippen LogP contribution is 2.27. The van der Waals surface area contributed by atoms with Gasteiger partial charge in [0.05, 0.1) is 5.02 Å². The molecule has 0 bridgehead atoms. The third kappa shape index (κ3) is 6.17. The minimum atomic E-state index is -0.154. The van der Waals surface area contributed by atoms with Crippen LogP contribution in [0, 0.1) is 5.92 Å². The predicted molar refractivity (Wildman–Crippen MR) is 79.0 cm³/mol. The summed E-state index contributed by atoms with van der Waals surface area (Å²) >= 11 is 11.7. The van der Waals surface area contributed by atoms with Crippen molar-refractivity contribution >= 4 is 29.1 Å². The highest BCUT2D eigenvalue weighted by Gasteiger charge is 2.10. The molecule has 1 aromatic carbocycles. The smallest absolute Gasteiger partial charge is 0.258 e. The van der Waals surface area contributed by atoms with Crippen LogP contribution in [0.25, 0.3) is 0 Å². The van der Waals surface area contributed by atoms with Crippen molar-refractivity contribution in [3.05, 3.63) is 28.2 Å². The van der Waals surface area contributed by atoms with E-state index in [4.69, 9.17) is 27.9 Å². The molecule has 106 valence electrons. The van der Waals surface area contributed by atoms with Crippen molar-refractivity contribution in [3.8, 4) is 5.75 Å². The Hall–Kier alpha value is -0.930. The van der Waals surface area contributed by atoms with Gasteiger partial charge in [0, 0.05) is 11.1 Å². The summed E-state index contributed by atoms with van der Waals surface area (Å²) in [5.41, 5.74) is 0. The first kappa shape index (κ1) is 16.1. The first-order valence-electron chi connectivity index (χ1n) is 6.25. The number of ether oxygens (including phenoxy) is 1. The van der Waals surface area contributed by atoms with Crippen LogP contribution >= 0.6 is 23.2 Å². The predicted octanol–water partition coefficient (Wildman–Crippen LogP) is 3.92. The highest BCUT2D eigenvalue weighted by atomic mass is 35.5. The number of amides is 1. The van der Waals surface area contributed by atoms with Crippen LogP contribution in [0.1, 0.15) is 27.2 Å². The van der Waals surface area contributed by atoms with Crippen molar-refractivity contribution in [2.24, 2.45) is 5.92 Å². The number of carbonyl (C=O) groups excluding carboxylic acids is 1. The Morgan fingerprint density at radius 2 is 2.00 bits per heavy atom. The molecule has 1 atom stereocenters. The standard InChI is InChI=1S/C14H19Cl2NO2/c1-9(2)6-10(3)17-14(18)8-19-13-5-4-11(15)7-12(13)16/h4-5,7,9-10H,6,8H2,1-3H3,(H,17,18)/t10-/m0/s1. The molecule has 0 radical (unpaired) electrons. The van der Waals surface area contributed by atoms with Crippen molar-refractivity contribution < 1.29 is 9.53 Å². The maximum absolute atomic E-state index is 11.7. The van der Waals surface area contributed by atoms with E-state index < -0.39 is 0 Å². The third-order valence-corrected chi connectivity index (χ3v) is 3.02. The van der Waals surface area contributed by atoms with E-state index in [1.807, 2.05) is 6.92 Å². The summed E-state index contributed by atoms with van der Waals surface area (Å²) in [7, 11) is 0. The number of halogens is 2. The molecule has 0 saturated carbocycles. The lowest BCUT2D eigenvalue weighted by molar-refractivity contribution is -0.123. The SMILES string of the molecule is CC(C)C[C@H](C)NC(=O)COc1ccc(Cl)cc1Cl. The molecule has 0 aliphatic rings. The van der Waals surface area contributed by atoms with Crippen LogP contribution in [-0.4, -0.2) is 18.6 Å². The fourth-order valence-electron chi connectivity index (χ4n) is 1.82. The number of nitrogens with one attached hydrogen (secondary N) is 1. The van der Waals surface area contributed by atoms with Gasteiger partial charge in [0.25, 0.3) is 5.91 Å².